The molecule has 0 aromatic heterocycles. The average molecular weight is 396 g/mol. The molecule has 0 unspecified atom stereocenters. The first-order valence-electron chi connectivity index (χ1n) is 0. The topological polar surface area (TPSA) is 0 Å². The molecule has 0 rings (SSSR count). The second kappa shape index (κ2) is 31.0. The van der Waals surface area contributed by atoms with Crippen molar-refractivity contribution >= 4 is 87.7 Å². The van der Waals surface area contributed by atoms with Gasteiger partial charge in [0.2, 0.25) is 0 Å². The standard InChI is InChI=1S/4BrH.Ga.3H/h4*1H;;;;. The Morgan fingerprint density at radius 2 is 0.400 bits per heavy atom. The summed E-state index contributed by atoms with van der Waals surface area (Å²) in [6.07, 6.45) is 0. The van der Waals surface area contributed by atoms with Gasteiger partial charge in [0.15, 0.2) is 0 Å². The van der Waals surface area contributed by atoms with E-state index >= 15 is 0 Å². The molecule has 38 valence electrons. The van der Waals surface area contributed by atoms with Crippen LogP contribution in [0.25, 0.3) is 0 Å². The second-order valence-electron chi connectivity index (χ2n) is 0. The Kier molecular flexibility index (Phi) is 308. The van der Waals surface area contributed by atoms with E-state index in [1.165, 1.54) is 0 Å². The van der Waals surface area contributed by atoms with Crippen LogP contribution in [0.15, 0.2) is 0 Å². The van der Waals surface area contributed by atoms with Gasteiger partial charge in [-0.3, -0.25) is 0 Å². The molecule has 0 heterocycles. The quantitative estimate of drug-likeness (QED) is 0.539. The summed E-state index contributed by atoms with van der Waals surface area (Å²) in [5, 5.41) is 0. The fourth-order valence-corrected chi connectivity index (χ4v) is 0. The zero-order valence-corrected chi connectivity index (χ0v) is 8.49. The van der Waals surface area contributed by atoms with Crippen LogP contribution in [-0.4, -0.2) is 19.8 Å². The molecule has 0 aliphatic carbocycles. The molecule has 0 aromatic rings. The van der Waals surface area contributed by atoms with Crippen molar-refractivity contribution in [3.8, 4) is 0 Å². The third kappa shape index (κ3) is 20.8. The van der Waals surface area contributed by atoms with E-state index in [1.54, 1.807) is 0 Å². The molecule has 0 saturated carbocycles. The Morgan fingerprint density at radius 1 is 0.400 bits per heavy atom. The maximum atomic E-state index is 0. The maximum absolute atomic E-state index is 0. The Bertz CT molecular complexity index is 3.61. The van der Waals surface area contributed by atoms with Gasteiger partial charge in [0, 0.05) is 0 Å². The molecule has 0 aromatic carbocycles. The Labute approximate surface area is 86.6 Å². The van der Waals surface area contributed by atoms with Gasteiger partial charge in [0.05, 0.1) is 0 Å². The van der Waals surface area contributed by atoms with Gasteiger partial charge in [-0.1, -0.05) is 0 Å². The van der Waals surface area contributed by atoms with E-state index in [1.807, 2.05) is 0 Å². The molecule has 0 fully saturated rings. The molecule has 5 heteroatoms. The van der Waals surface area contributed by atoms with Crippen LogP contribution < -0.4 is 0 Å². The Balaban J connectivity index is 0. The predicted octanol–water partition coefficient (Wildman–Crippen LogP) is 1.13. The first-order chi connectivity index (χ1) is 0. The molecule has 0 aliphatic heterocycles. The minimum atomic E-state index is 0. The molecular weight excluding hydrogens is 389 g/mol. The molecule has 0 aliphatic rings. The van der Waals surface area contributed by atoms with Crippen LogP contribution in [0, 0.1) is 0 Å². The van der Waals surface area contributed by atoms with Crippen LogP contribution in [0.4, 0.5) is 0 Å². The van der Waals surface area contributed by atoms with Crippen LogP contribution >= 0.6 is 67.9 Å². The van der Waals surface area contributed by atoms with Crippen molar-refractivity contribution < 1.29 is 0 Å². The molecule has 0 bridgehead atoms. The third-order valence-electron chi connectivity index (χ3n) is 0. The van der Waals surface area contributed by atoms with Gasteiger partial charge in [-0.15, -0.1) is 67.9 Å². The predicted molar refractivity (Wildman–Crippen MR) is 51.2 cm³/mol. The Hall–Kier alpha value is 2.56. The third-order valence-corrected chi connectivity index (χ3v) is 0. The molecule has 0 radical (unpaired) electrons. The summed E-state index contributed by atoms with van der Waals surface area (Å²) in [6, 6.07) is 0. The van der Waals surface area contributed by atoms with Crippen LogP contribution in [0.5, 0.6) is 0 Å². The van der Waals surface area contributed by atoms with Gasteiger partial charge in [0.1, 0.15) is 0 Å². The molecule has 5 heavy (non-hydrogen) atoms. The summed E-state index contributed by atoms with van der Waals surface area (Å²) in [6.45, 7) is 0. The first kappa shape index (κ1) is 49.7. The van der Waals surface area contributed by atoms with E-state index in [0.29, 0.717) is 0 Å². The van der Waals surface area contributed by atoms with Crippen LogP contribution in [0.3, 0.4) is 0 Å². The van der Waals surface area contributed by atoms with Crippen LogP contribution in [0.1, 0.15) is 0 Å². The summed E-state index contributed by atoms with van der Waals surface area (Å²) in [7, 11) is 0. The fourth-order valence-electron chi connectivity index (χ4n) is 0. The molecule has 0 saturated heterocycles. The summed E-state index contributed by atoms with van der Waals surface area (Å²) in [4.78, 5) is 0. The second-order valence-corrected chi connectivity index (χ2v) is 0. The average Bonchev–Trinajstić information content (AvgIpc) is 0. The fraction of sp³-hybridized carbons (Fsp3) is 0. The van der Waals surface area contributed by atoms with Crippen molar-refractivity contribution in [2.45, 2.75) is 0 Å². The summed E-state index contributed by atoms with van der Waals surface area (Å²) >= 11 is 0. The number of rotatable bonds is 0. The van der Waals surface area contributed by atoms with Crippen molar-refractivity contribution in [3.63, 3.8) is 0 Å². The van der Waals surface area contributed by atoms with Crippen LogP contribution in [0.2, 0.25) is 0 Å². The van der Waals surface area contributed by atoms with Gasteiger partial charge in [-0.25, -0.2) is 0 Å². The summed E-state index contributed by atoms with van der Waals surface area (Å²) < 4.78 is 0. The van der Waals surface area contributed by atoms with Crippen molar-refractivity contribution in [1.29, 1.82) is 0 Å². The van der Waals surface area contributed by atoms with E-state index in [4.69, 9.17) is 0 Å². The van der Waals surface area contributed by atoms with Gasteiger partial charge in [-0.2, -0.15) is 0 Å². The zero-order chi connectivity index (χ0) is 0. The van der Waals surface area contributed by atoms with E-state index in [2.05, 4.69) is 0 Å². The molecule has 0 amide bonds. The molecule has 0 nitrogen and oxygen atoms in total. The van der Waals surface area contributed by atoms with Gasteiger partial charge in [-0.05, 0) is 0 Å². The summed E-state index contributed by atoms with van der Waals surface area (Å²) in [5.74, 6) is 0. The van der Waals surface area contributed by atoms with E-state index in [0.717, 1.165) is 0 Å². The van der Waals surface area contributed by atoms with Gasteiger partial charge >= 0.3 is 19.8 Å². The van der Waals surface area contributed by atoms with Crippen molar-refractivity contribution in [2.24, 2.45) is 0 Å². The number of halogens is 4. The normalized spacial score (nSPS) is 0. The number of hydrogen-bond donors (Lipinski definition) is 0. The first-order valence-corrected chi connectivity index (χ1v) is 0. The van der Waals surface area contributed by atoms with Crippen molar-refractivity contribution in [1.82, 2.24) is 0 Å². The Morgan fingerprint density at radius 3 is 0.400 bits per heavy atom. The monoisotopic (exact) mass is 392 g/mol. The zero-order valence-electron chi connectivity index (χ0n) is 1.63. The van der Waals surface area contributed by atoms with E-state index in [9.17, 15) is 0 Å². The molecular formula is H7Br4Ga. The van der Waals surface area contributed by atoms with E-state index in [-0.39, 0.29) is 87.7 Å². The van der Waals surface area contributed by atoms with Crippen molar-refractivity contribution in [2.75, 3.05) is 0 Å². The van der Waals surface area contributed by atoms with Crippen molar-refractivity contribution in [3.05, 3.63) is 0 Å². The molecule has 0 atom stereocenters. The van der Waals surface area contributed by atoms with Gasteiger partial charge in [0.25, 0.3) is 0 Å². The SMILES string of the molecule is Br.Br.Br.Br.[GaH3]. The van der Waals surface area contributed by atoms with E-state index < -0.39 is 0 Å². The minimum absolute atomic E-state index is 0. The summed E-state index contributed by atoms with van der Waals surface area (Å²) in [5.41, 5.74) is 0. The van der Waals surface area contributed by atoms with Gasteiger partial charge < -0.3 is 0 Å². The number of hydrogen-bond acceptors (Lipinski definition) is 0. The van der Waals surface area contributed by atoms with Crippen LogP contribution in [-0.2, 0) is 0 Å². The molecule has 0 spiro atoms. The molecule has 0 N–H and O–H groups in total.